The SMILES string of the molecule is [C-]#[N+]Cc1nc(CC#N)cc(C(C#N)=C2N=c3nccnc3=N2)n1.[C-]#[N+]Cc1nc(CC#N)cc(C(C#N)c2nc3nccnc3[nH]2)n1. The first-order valence-electron chi connectivity index (χ1n) is 13.6. The van der Waals surface area contributed by atoms with Crippen LogP contribution in [0.5, 0.6) is 0 Å². The molecule has 1 unspecified atom stereocenters. The largest absolute Gasteiger partial charge is 0.324 e. The zero-order valence-electron chi connectivity index (χ0n) is 24.5. The van der Waals surface area contributed by atoms with Crippen LogP contribution in [0.1, 0.15) is 46.2 Å². The number of aromatic amines is 1. The maximum absolute atomic E-state index is 9.56. The third-order valence-electron chi connectivity index (χ3n) is 6.16. The summed E-state index contributed by atoms with van der Waals surface area (Å²) in [6.07, 6.45) is 6.12. The molecule has 1 atom stereocenters. The lowest BCUT2D eigenvalue weighted by Gasteiger charge is -2.07. The minimum Gasteiger partial charge on any atom is -0.324 e. The summed E-state index contributed by atoms with van der Waals surface area (Å²) in [6.45, 7) is 13.8. The third-order valence-corrected chi connectivity index (χ3v) is 6.16. The fraction of sp³-hybridized carbons (Fsp3) is 0.167. The lowest BCUT2D eigenvalue weighted by molar-refractivity contribution is 0.832. The number of rotatable bonds is 7. The van der Waals surface area contributed by atoms with Gasteiger partial charge in [-0.3, -0.25) is 0 Å². The summed E-state index contributed by atoms with van der Waals surface area (Å²) in [5.41, 5.74) is 3.20. The molecule has 6 rings (SSSR count). The number of nitrogens with one attached hydrogen (secondary N) is 1. The van der Waals surface area contributed by atoms with E-state index in [9.17, 15) is 10.5 Å². The van der Waals surface area contributed by atoms with Crippen molar-refractivity contribution in [3.05, 3.63) is 117 Å². The second kappa shape index (κ2) is 14.7. The van der Waals surface area contributed by atoms with Crippen LogP contribution in [0.4, 0.5) is 0 Å². The Kier molecular flexibility index (Phi) is 9.64. The van der Waals surface area contributed by atoms with Gasteiger partial charge in [-0.2, -0.15) is 21.0 Å². The molecule has 5 aromatic heterocycles. The molecule has 0 fully saturated rings. The summed E-state index contributed by atoms with van der Waals surface area (Å²) < 4.78 is 0. The summed E-state index contributed by atoms with van der Waals surface area (Å²) in [4.78, 5) is 55.1. The van der Waals surface area contributed by atoms with Crippen molar-refractivity contribution >= 4 is 16.9 Å². The van der Waals surface area contributed by atoms with Crippen LogP contribution in [0, 0.1) is 58.5 Å². The molecule has 0 amide bonds. The molecule has 0 bridgehead atoms. The predicted octanol–water partition coefficient (Wildman–Crippen LogP) is 1.18. The fourth-order valence-electron chi connectivity index (χ4n) is 4.24. The Bertz CT molecular complexity index is 2320. The minimum absolute atomic E-state index is 0.0202. The summed E-state index contributed by atoms with van der Waals surface area (Å²) in [5.74, 6) is 0.224. The Morgan fingerprint density at radius 3 is 1.94 bits per heavy atom. The van der Waals surface area contributed by atoms with E-state index in [0.717, 1.165) is 0 Å². The number of nitriles is 4. The number of imidazole rings is 1. The molecule has 48 heavy (non-hydrogen) atoms. The molecule has 18 heteroatoms. The van der Waals surface area contributed by atoms with Crippen molar-refractivity contribution in [3.63, 3.8) is 0 Å². The fourth-order valence-corrected chi connectivity index (χ4v) is 4.24. The van der Waals surface area contributed by atoms with Crippen LogP contribution in [0.2, 0.25) is 0 Å². The average Bonchev–Trinajstić information content (AvgIpc) is 3.71. The van der Waals surface area contributed by atoms with E-state index in [1.807, 2.05) is 18.2 Å². The topological polar surface area (TPSA) is 260 Å². The Morgan fingerprint density at radius 2 is 1.35 bits per heavy atom. The number of nitrogens with zero attached hydrogens (tertiary/aromatic N) is 17. The monoisotopic (exact) mass is 628 g/mol. The van der Waals surface area contributed by atoms with Crippen LogP contribution >= 0.6 is 0 Å². The van der Waals surface area contributed by atoms with Gasteiger partial charge in [0.15, 0.2) is 28.1 Å². The smallest absolute Gasteiger partial charge is 0.273 e. The number of fused-ring (bicyclic) bond motifs is 2. The minimum atomic E-state index is -0.800. The number of H-pyrrole nitrogens is 1. The van der Waals surface area contributed by atoms with Crippen LogP contribution in [0.15, 0.2) is 52.7 Å². The normalized spacial score (nSPS) is 11.3. The van der Waals surface area contributed by atoms with E-state index < -0.39 is 5.92 Å². The molecule has 0 spiro atoms. The summed E-state index contributed by atoms with van der Waals surface area (Å²) in [6, 6.07) is 11.3. The third kappa shape index (κ3) is 7.06. The molecular formula is C30H16N18. The van der Waals surface area contributed by atoms with E-state index >= 15 is 0 Å². The van der Waals surface area contributed by atoms with Crippen molar-refractivity contribution in [2.45, 2.75) is 31.8 Å². The van der Waals surface area contributed by atoms with Gasteiger partial charge in [-0.25, -0.2) is 68.0 Å². The van der Waals surface area contributed by atoms with Gasteiger partial charge < -0.3 is 14.7 Å². The van der Waals surface area contributed by atoms with Crippen LogP contribution in [0.25, 0.3) is 26.6 Å². The van der Waals surface area contributed by atoms with Gasteiger partial charge in [-0.05, 0) is 12.1 Å². The van der Waals surface area contributed by atoms with E-state index in [1.54, 1.807) is 6.07 Å². The van der Waals surface area contributed by atoms with Crippen LogP contribution in [-0.4, -0.2) is 49.8 Å². The zero-order valence-corrected chi connectivity index (χ0v) is 24.5. The molecule has 226 valence electrons. The van der Waals surface area contributed by atoms with Gasteiger partial charge in [-0.15, -0.1) is 0 Å². The first-order valence-corrected chi connectivity index (χ1v) is 13.6. The number of hydrogen-bond acceptors (Lipinski definition) is 15. The van der Waals surface area contributed by atoms with Gasteiger partial charge in [0, 0.05) is 24.8 Å². The molecule has 1 aliphatic rings. The molecule has 0 aromatic carbocycles. The maximum Gasteiger partial charge on any atom is 0.273 e. The van der Waals surface area contributed by atoms with E-state index in [4.69, 9.17) is 23.7 Å². The predicted molar refractivity (Wildman–Crippen MR) is 159 cm³/mol. The average molecular weight is 629 g/mol. The summed E-state index contributed by atoms with van der Waals surface area (Å²) >= 11 is 0. The highest BCUT2D eigenvalue weighted by Crippen LogP contribution is 2.23. The van der Waals surface area contributed by atoms with Gasteiger partial charge in [-0.1, -0.05) is 0 Å². The molecule has 6 heterocycles. The van der Waals surface area contributed by atoms with Crippen LogP contribution in [-0.2, 0) is 25.9 Å². The molecule has 18 nitrogen and oxygen atoms in total. The molecule has 0 radical (unpaired) electrons. The molecule has 5 aromatic rings. The van der Waals surface area contributed by atoms with E-state index in [-0.39, 0.29) is 54.7 Å². The van der Waals surface area contributed by atoms with Crippen molar-refractivity contribution < 1.29 is 0 Å². The molecule has 1 aliphatic heterocycles. The maximum atomic E-state index is 9.56. The highest BCUT2D eigenvalue weighted by molar-refractivity contribution is 5.77. The van der Waals surface area contributed by atoms with Crippen molar-refractivity contribution in [2.24, 2.45) is 9.98 Å². The standard InChI is InChI=1S/C15H9N9.C15H7N9/c2*1-18-8-12-21-9(2-3-16)6-11(22-12)10(7-17)13-23-14-15(24-13)20-5-4-19-14/h4-6,10H,2,8H2,(H,19,20,23,24);4-6H,2,8H2. The Morgan fingerprint density at radius 1 is 0.750 bits per heavy atom. The van der Waals surface area contributed by atoms with Crippen molar-refractivity contribution in [3.8, 4) is 24.3 Å². The molecule has 1 N–H and O–H groups in total. The van der Waals surface area contributed by atoms with Crippen LogP contribution in [0.3, 0.4) is 0 Å². The van der Waals surface area contributed by atoms with E-state index in [0.29, 0.717) is 45.2 Å². The summed E-state index contributed by atoms with van der Waals surface area (Å²) in [7, 11) is 0. The quantitative estimate of drug-likeness (QED) is 0.196. The van der Waals surface area contributed by atoms with Gasteiger partial charge in [0.25, 0.3) is 13.1 Å². The Labute approximate surface area is 270 Å². The molecular weight excluding hydrogens is 612 g/mol. The Hall–Kier alpha value is -7.93. The van der Waals surface area contributed by atoms with Gasteiger partial charge in [0.05, 0.1) is 53.8 Å². The lowest BCUT2D eigenvalue weighted by atomic mass is 10.0. The Balaban J connectivity index is 0.000000188. The molecule has 0 saturated carbocycles. The number of allylic oxidation sites excluding steroid dienone is 1. The van der Waals surface area contributed by atoms with Gasteiger partial charge in [0.2, 0.25) is 11.6 Å². The first-order chi connectivity index (χ1) is 23.5. The van der Waals surface area contributed by atoms with Crippen molar-refractivity contribution in [2.75, 3.05) is 0 Å². The second-order valence-electron chi connectivity index (χ2n) is 9.31. The molecule has 0 aliphatic carbocycles. The number of hydrogen-bond donors (Lipinski definition) is 1. The molecule has 0 saturated heterocycles. The highest BCUT2D eigenvalue weighted by Gasteiger charge is 2.22. The van der Waals surface area contributed by atoms with E-state index in [1.165, 1.54) is 30.9 Å². The van der Waals surface area contributed by atoms with E-state index in [2.05, 4.69) is 75.6 Å². The van der Waals surface area contributed by atoms with Crippen molar-refractivity contribution in [1.29, 1.82) is 21.0 Å². The zero-order chi connectivity index (χ0) is 33.9. The number of aromatic nitrogens is 10. The lowest BCUT2D eigenvalue weighted by Crippen LogP contribution is -2.27. The van der Waals surface area contributed by atoms with Crippen molar-refractivity contribution in [1.82, 2.24) is 49.8 Å². The van der Waals surface area contributed by atoms with Gasteiger partial charge in [0.1, 0.15) is 23.4 Å². The van der Waals surface area contributed by atoms with Crippen LogP contribution < -0.4 is 11.0 Å². The van der Waals surface area contributed by atoms with Gasteiger partial charge >= 0.3 is 0 Å². The summed E-state index contributed by atoms with van der Waals surface area (Å²) in [5, 5.41) is 36.8. The second-order valence-corrected chi connectivity index (χ2v) is 9.31. The first kappa shape index (κ1) is 31.5. The highest BCUT2D eigenvalue weighted by atomic mass is 15.1.